The summed E-state index contributed by atoms with van der Waals surface area (Å²) >= 11 is 0. The Bertz CT molecular complexity index is 867. The number of piperidine rings is 1. The van der Waals surface area contributed by atoms with E-state index in [1.165, 1.54) is 4.90 Å². The molecule has 0 bridgehead atoms. The Morgan fingerprint density at radius 2 is 1.89 bits per heavy atom. The predicted molar refractivity (Wildman–Crippen MR) is 99.2 cm³/mol. The number of hydrogen-bond donors (Lipinski definition) is 1. The van der Waals surface area contributed by atoms with Gasteiger partial charge in [0.25, 0.3) is 5.91 Å². The first-order valence-electron chi connectivity index (χ1n) is 9.07. The normalized spacial score (nSPS) is 19.9. The highest BCUT2D eigenvalue weighted by Gasteiger charge is 2.30. The molecule has 4 amide bonds. The van der Waals surface area contributed by atoms with E-state index < -0.39 is 6.03 Å². The number of nitrogens with zero attached hydrogens (tertiary/aromatic N) is 3. The molecule has 138 valence electrons. The average Bonchev–Trinajstić information content (AvgIpc) is 3.06. The average molecular weight is 364 g/mol. The number of urea groups is 1. The fraction of sp³-hybridized carbons (Fsp3) is 0.300. The van der Waals surface area contributed by atoms with Crippen molar-refractivity contribution in [2.75, 3.05) is 18.0 Å². The number of amides is 4. The first-order chi connectivity index (χ1) is 13.1. The molecule has 0 spiro atoms. The minimum Gasteiger partial charge on any atom is -0.330 e. The third-order valence-corrected chi connectivity index (χ3v) is 5.01. The number of pyridine rings is 1. The van der Waals surface area contributed by atoms with Crippen molar-refractivity contribution in [3.8, 4) is 0 Å². The van der Waals surface area contributed by atoms with Crippen LogP contribution >= 0.6 is 0 Å². The molecule has 2 aromatic rings. The van der Waals surface area contributed by atoms with Crippen molar-refractivity contribution in [1.82, 2.24) is 15.2 Å². The van der Waals surface area contributed by atoms with Gasteiger partial charge in [0.1, 0.15) is 6.54 Å². The lowest BCUT2D eigenvalue weighted by Gasteiger charge is -2.35. The number of anilines is 1. The minimum absolute atomic E-state index is 0.00000208. The van der Waals surface area contributed by atoms with Crippen molar-refractivity contribution in [2.45, 2.75) is 25.3 Å². The summed E-state index contributed by atoms with van der Waals surface area (Å²) in [6, 6.07) is 12.1. The standard InChI is InChI=1S/C20H20N4O3/c25-18-13-24(20(27)22-18)15-9-7-14(8-10-15)19(26)23-12-4-2-6-17(23)16-5-1-3-11-21-16/h1,3,5,7-11,17H,2,4,6,12-13H2,(H,22,25,27)/t17-/m1/s1. The van der Waals surface area contributed by atoms with Gasteiger partial charge in [-0.05, 0) is 55.7 Å². The summed E-state index contributed by atoms with van der Waals surface area (Å²) in [5.74, 6) is -0.370. The lowest BCUT2D eigenvalue weighted by atomic mass is 9.97. The van der Waals surface area contributed by atoms with Gasteiger partial charge in [-0.3, -0.25) is 24.8 Å². The molecule has 2 saturated heterocycles. The van der Waals surface area contributed by atoms with Gasteiger partial charge in [0.15, 0.2) is 0 Å². The number of likely N-dealkylation sites (tertiary alicyclic amines) is 1. The van der Waals surface area contributed by atoms with Gasteiger partial charge in [-0.15, -0.1) is 0 Å². The van der Waals surface area contributed by atoms with Gasteiger partial charge in [0.05, 0.1) is 11.7 Å². The number of hydrogen-bond acceptors (Lipinski definition) is 4. The third kappa shape index (κ3) is 3.40. The third-order valence-electron chi connectivity index (χ3n) is 5.01. The quantitative estimate of drug-likeness (QED) is 0.849. The fourth-order valence-corrected chi connectivity index (χ4v) is 3.66. The molecular weight excluding hydrogens is 344 g/mol. The van der Waals surface area contributed by atoms with Crippen LogP contribution in [-0.2, 0) is 4.79 Å². The van der Waals surface area contributed by atoms with Gasteiger partial charge >= 0.3 is 6.03 Å². The van der Waals surface area contributed by atoms with Crippen LogP contribution < -0.4 is 10.2 Å². The summed E-state index contributed by atoms with van der Waals surface area (Å²) < 4.78 is 0. The Balaban J connectivity index is 1.54. The van der Waals surface area contributed by atoms with Crippen molar-refractivity contribution in [2.24, 2.45) is 0 Å². The monoisotopic (exact) mass is 364 g/mol. The molecule has 1 aromatic heterocycles. The molecule has 1 aromatic carbocycles. The highest BCUT2D eigenvalue weighted by molar-refractivity contribution is 6.12. The predicted octanol–water partition coefficient (Wildman–Crippen LogP) is 2.51. The summed E-state index contributed by atoms with van der Waals surface area (Å²) in [5, 5.41) is 2.24. The Kier molecular flexibility index (Phi) is 4.58. The topological polar surface area (TPSA) is 82.6 Å². The van der Waals surface area contributed by atoms with Crippen LogP contribution in [0, 0.1) is 0 Å². The van der Waals surface area contributed by atoms with Crippen molar-refractivity contribution >= 4 is 23.5 Å². The smallest absolute Gasteiger partial charge is 0.329 e. The Morgan fingerprint density at radius 1 is 1.07 bits per heavy atom. The SMILES string of the molecule is O=C1CN(c2ccc(C(=O)N3CCCC[C@@H]3c3ccccn3)cc2)C(=O)N1. The van der Waals surface area contributed by atoms with Crippen LogP contribution in [0.3, 0.4) is 0 Å². The number of carbonyl (C=O) groups excluding carboxylic acids is 3. The van der Waals surface area contributed by atoms with Crippen LogP contribution in [0.2, 0.25) is 0 Å². The minimum atomic E-state index is -0.440. The van der Waals surface area contributed by atoms with E-state index in [0.717, 1.165) is 25.0 Å². The van der Waals surface area contributed by atoms with E-state index in [0.29, 0.717) is 17.8 Å². The zero-order valence-electron chi connectivity index (χ0n) is 14.8. The van der Waals surface area contributed by atoms with Crippen molar-refractivity contribution in [3.05, 3.63) is 59.9 Å². The fourth-order valence-electron chi connectivity index (χ4n) is 3.66. The molecule has 2 fully saturated rings. The molecule has 1 N–H and O–H groups in total. The van der Waals surface area contributed by atoms with E-state index in [1.54, 1.807) is 30.5 Å². The number of imide groups is 1. The van der Waals surface area contributed by atoms with Crippen molar-refractivity contribution in [1.29, 1.82) is 0 Å². The summed E-state index contributed by atoms with van der Waals surface area (Å²) in [6.07, 6.45) is 4.70. The summed E-state index contributed by atoms with van der Waals surface area (Å²) in [4.78, 5) is 43.9. The van der Waals surface area contributed by atoms with Gasteiger partial charge in [0, 0.05) is 24.0 Å². The number of benzene rings is 1. The van der Waals surface area contributed by atoms with E-state index in [9.17, 15) is 14.4 Å². The van der Waals surface area contributed by atoms with Crippen molar-refractivity contribution in [3.63, 3.8) is 0 Å². The lowest BCUT2D eigenvalue weighted by Crippen LogP contribution is -2.38. The summed E-state index contributed by atoms with van der Waals surface area (Å²) in [5.41, 5.74) is 2.07. The summed E-state index contributed by atoms with van der Waals surface area (Å²) in [7, 11) is 0. The van der Waals surface area contributed by atoms with Crippen LogP contribution in [0.5, 0.6) is 0 Å². The number of carbonyl (C=O) groups is 3. The van der Waals surface area contributed by atoms with Gasteiger partial charge in [-0.2, -0.15) is 0 Å². The molecular formula is C20H20N4O3. The molecule has 2 aliphatic rings. The second kappa shape index (κ2) is 7.19. The van der Waals surface area contributed by atoms with Crippen molar-refractivity contribution < 1.29 is 14.4 Å². The van der Waals surface area contributed by atoms with E-state index in [-0.39, 0.29) is 24.4 Å². The Morgan fingerprint density at radius 3 is 2.56 bits per heavy atom. The first kappa shape index (κ1) is 17.2. The highest BCUT2D eigenvalue weighted by Crippen LogP contribution is 2.31. The highest BCUT2D eigenvalue weighted by atomic mass is 16.2. The van der Waals surface area contributed by atoms with Crippen LogP contribution in [0.1, 0.15) is 41.4 Å². The van der Waals surface area contributed by atoms with Crippen LogP contribution in [-0.4, -0.2) is 40.8 Å². The molecule has 1 atom stereocenters. The number of aromatic nitrogens is 1. The second-order valence-electron chi connectivity index (χ2n) is 6.75. The second-order valence-corrected chi connectivity index (χ2v) is 6.75. The number of nitrogens with one attached hydrogen (secondary N) is 1. The molecule has 7 nitrogen and oxygen atoms in total. The zero-order chi connectivity index (χ0) is 18.8. The van der Waals surface area contributed by atoms with Gasteiger partial charge in [0.2, 0.25) is 5.91 Å². The molecule has 0 unspecified atom stereocenters. The Hall–Kier alpha value is -3.22. The molecule has 4 rings (SSSR count). The largest absolute Gasteiger partial charge is 0.330 e. The molecule has 0 saturated carbocycles. The van der Waals surface area contributed by atoms with E-state index in [1.807, 2.05) is 23.1 Å². The van der Waals surface area contributed by atoms with E-state index in [2.05, 4.69) is 10.3 Å². The molecule has 0 radical (unpaired) electrons. The maximum absolute atomic E-state index is 13.1. The first-order valence-corrected chi connectivity index (χ1v) is 9.07. The van der Waals surface area contributed by atoms with Gasteiger partial charge in [-0.25, -0.2) is 4.79 Å². The molecule has 3 heterocycles. The maximum Gasteiger partial charge on any atom is 0.329 e. The van der Waals surface area contributed by atoms with Crippen LogP contribution in [0.25, 0.3) is 0 Å². The lowest BCUT2D eigenvalue weighted by molar-refractivity contribution is -0.117. The van der Waals surface area contributed by atoms with Crippen LogP contribution in [0.15, 0.2) is 48.7 Å². The molecule has 7 heteroatoms. The zero-order valence-corrected chi connectivity index (χ0v) is 14.8. The van der Waals surface area contributed by atoms with E-state index in [4.69, 9.17) is 0 Å². The molecule has 27 heavy (non-hydrogen) atoms. The molecule has 2 aliphatic heterocycles. The molecule has 0 aliphatic carbocycles. The Labute approximate surface area is 157 Å². The maximum atomic E-state index is 13.1. The van der Waals surface area contributed by atoms with Crippen LogP contribution in [0.4, 0.5) is 10.5 Å². The number of rotatable bonds is 3. The summed E-state index contributed by atoms with van der Waals surface area (Å²) in [6.45, 7) is 0.699. The van der Waals surface area contributed by atoms with E-state index >= 15 is 0 Å². The van der Waals surface area contributed by atoms with Gasteiger partial charge < -0.3 is 4.90 Å². The van der Waals surface area contributed by atoms with Gasteiger partial charge in [-0.1, -0.05) is 6.07 Å².